The summed E-state index contributed by atoms with van der Waals surface area (Å²) in [5, 5.41) is 22.7. The molecule has 0 bridgehead atoms. The molecular formula is C19H13Cl2NO6. The highest BCUT2D eigenvalue weighted by Crippen LogP contribution is 2.40. The van der Waals surface area contributed by atoms with Crippen LogP contribution in [0, 0.1) is 10.1 Å². The first-order chi connectivity index (χ1) is 13.3. The number of aliphatic hydroxyl groups excluding tert-OH is 1. The van der Waals surface area contributed by atoms with Crippen LogP contribution in [0.3, 0.4) is 0 Å². The zero-order valence-electron chi connectivity index (χ0n) is 14.3. The predicted octanol–water partition coefficient (Wildman–Crippen LogP) is 5.29. The molecule has 144 valence electrons. The van der Waals surface area contributed by atoms with E-state index in [1.54, 1.807) is 0 Å². The standard InChI is InChI=1S/C19H13Cl2NO6/c20-10-7-8-15(12(21)9-10)28-16-6-1-3-11(18(16)22(26)27)19(25)17-13(23)4-2-5-14(17)24/h1,3,6-9,25H,2,4-5H2. The van der Waals surface area contributed by atoms with Crippen molar-refractivity contribution >= 4 is 46.2 Å². The smallest absolute Gasteiger partial charge is 0.322 e. The molecule has 1 fully saturated rings. The fraction of sp³-hybridized carbons (Fsp3) is 0.158. The van der Waals surface area contributed by atoms with Crippen molar-refractivity contribution in [1.29, 1.82) is 0 Å². The Kier molecular flexibility index (Phi) is 5.67. The van der Waals surface area contributed by atoms with E-state index in [0.717, 1.165) is 0 Å². The molecule has 0 spiro atoms. The van der Waals surface area contributed by atoms with Crippen LogP contribution in [0.2, 0.25) is 10.0 Å². The van der Waals surface area contributed by atoms with Gasteiger partial charge < -0.3 is 9.84 Å². The molecule has 1 aliphatic carbocycles. The number of ketones is 2. The van der Waals surface area contributed by atoms with Gasteiger partial charge in [-0.25, -0.2) is 0 Å². The van der Waals surface area contributed by atoms with Gasteiger partial charge in [-0.15, -0.1) is 0 Å². The first kappa shape index (κ1) is 19.9. The van der Waals surface area contributed by atoms with E-state index in [-0.39, 0.29) is 34.9 Å². The van der Waals surface area contributed by atoms with E-state index in [1.807, 2.05) is 0 Å². The van der Waals surface area contributed by atoms with Crippen LogP contribution in [0.15, 0.2) is 42.0 Å². The number of para-hydroxylation sites is 1. The van der Waals surface area contributed by atoms with Gasteiger partial charge >= 0.3 is 5.69 Å². The van der Waals surface area contributed by atoms with E-state index in [0.29, 0.717) is 11.4 Å². The zero-order valence-corrected chi connectivity index (χ0v) is 15.8. The highest BCUT2D eigenvalue weighted by molar-refractivity contribution is 6.35. The maximum absolute atomic E-state index is 12.1. The minimum Gasteiger partial charge on any atom is -0.506 e. The molecule has 0 atom stereocenters. The van der Waals surface area contributed by atoms with Crippen LogP contribution >= 0.6 is 23.2 Å². The predicted molar refractivity (Wildman–Crippen MR) is 103 cm³/mol. The number of nitrogens with zero attached hydrogens (tertiary/aromatic N) is 1. The van der Waals surface area contributed by atoms with Crippen molar-refractivity contribution in [3.63, 3.8) is 0 Å². The molecule has 0 aromatic heterocycles. The minimum absolute atomic E-state index is 0.0928. The second kappa shape index (κ2) is 8.00. The van der Waals surface area contributed by atoms with Crippen molar-refractivity contribution in [2.75, 3.05) is 0 Å². The van der Waals surface area contributed by atoms with Crippen LogP contribution < -0.4 is 4.74 Å². The number of nitro benzene ring substituents is 1. The second-order valence-electron chi connectivity index (χ2n) is 6.01. The van der Waals surface area contributed by atoms with Gasteiger partial charge in [0.25, 0.3) is 0 Å². The van der Waals surface area contributed by atoms with Crippen LogP contribution in [0.5, 0.6) is 11.5 Å². The average molecular weight is 422 g/mol. The Hall–Kier alpha value is -2.90. The molecule has 7 nitrogen and oxygen atoms in total. The molecule has 1 N–H and O–H groups in total. The van der Waals surface area contributed by atoms with Gasteiger partial charge in [0.15, 0.2) is 11.6 Å². The fourth-order valence-corrected chi connectivity index (χ4v) is 3.32. The SMILES string of the molecule is O=C1CCCC(=O)C1=C(O)c1cccc(Oc2ccc(Cl)cc2Cl)c1[N+](=O)[O-]. The third-order valence-corrected chi connectivity index (χ3v) is 4.68. The first-order valence-electron chi connectivity index (χ1n) is 8.20. The van der Waals surface area contributed by atoms with Crippen molar-refractivity contribution in [2.24, 2.45) is 0 Å². The van der Waals surface area contributed by atoms with E-state index < -0.39 is 33.5 Å². The summed E-state index contributed by atoms with van der Waals surface area (Å²) in [6.07, 6.45) is 0.569. The molecule has 0 heterocycles. The Morgan fingerprint density at radius 1 is 1.07 bits per heavy atom. The summed E-state index contributed by atoms with van der Waals surface area (Å²) in [5.41, 5.74) is -1.30. The van der Waals surface area contributed by atoms with Crippen LogP contribution in [-0.2, 0) is 9.59 Å². The highest BCUT2D eigenvalue weighted by Gasteiger charge is 2.32. The lowest BCUT2D eigenvalue weighted by atomic mass is 9.89. The summed E-state index contributed by atoms with van der Waals surface area (Å²) in [6.45, 7) is 0. The molecule has 1 saturated carbocycles. The molecule has 0 unspecified atom stereocenters. The van der Waals surface area contributed by atoms with Crippen molar-refractivity contribution in [3.8, 4) is 11.5 Å². The van der Waals surface area contributed by atoms with Crippen molar-refractivity contribution < 1.29 is 24.4 Å². The fourth-order valence-electron chi connectivity index (χ4n) is 2.87. The van der Waals surface area contributed by atoms with Crippen molar-refractivity contribution in [3.05, 3.63) is 67.7 Å². The lowest BCUT2D eigenvalue weighted by Crippen LogP contribution is -2.20. The van der Waals surface area contributed by atoms with Gasteiger partial charge in [0.05, 0.1) is 15.5 Å². The summed E-state index contributed by atoms with van der Waals surface area (Å²) < 4.78 is 5.55. The third-order valence-electron chi connectivity index (χ3n) is 4.15. The number of rotatable bonds is 4. The molecule has 28 heavy (non-hydrogen) atoms. The number of aliphatic hydroxyl groups is 1. The maximum Gasteiger partial charge on any atom is 0.322 e. The Balaban J connectivity index is 2.13. The van der Waals surface area contributed by atoms with Gasteiger partial charge in [-0.3, -0.25) is 19.7 Å². The molecule has 0 amide bonds. The van der Waals surface area contributed by atoms with E-state index in [1.165, 1.54) is 36.4 Å². The lowest BCUT2D eigenvalue weighted by molar-refractivity contribution is -0.386. The molecular weight excluding hydrogens is 409 g/mol. The zero-order chi connectivity index (χ0) is 20.4. The van der Waals surface area contributed by atoms with Gasteiger partial charge in [0.2, 0.25) is 5.75 Å². The van der Waals surface area contributed by atoms with Gasteiger partial charge in [-0.1, -0.05) is 29.3 Å². The number of ether oxygens (including phenoxy) is 1. The quantitative estimate of drug-likeness (QED) is 0.236. The highest BCUT2D eigenvalue weighted by atomic mass is 35.5. The number of hydrogen-bond acceptors (Lipinski definition) is 6. The third kappa shape index (κ3) is 3.85. The molecule has 0 aliphatic heterocycles. The Morgan fingerprint density at radius 2 is 1.75 bits per heavy atom. The van der Waals surface area contributed by atoms with Gasteiger partial charge in [0, 0.05) is 17.9 Å². The van der Waals surface area contributed by atoms with Crippen LogP contribution in [0.4, 0.5) is 5.69 Å². The second-order valence-corrected chi connectivity index (χ2v) is 6.85. The Labute approximate surface area is 169 Å². The monoisotopic (exact) mass is 421 g/mol. The molecule has 0 saturated heterocycles. The molecule has 9 heteroatoms. The topological polar surface area (TPSA) is 107 Å². The van der Waals surface area contributed by atoms with Crippen LogP contribution in [-0.4, -0.2) is 21.6 Å². The normalized spacial score (nSPS) is 14.1. The summed E-state index contributed by atoms with van der Waals surface area (Å²) in [7, 11) is 0. The molecule has 2 aromatic rings. The average Bonchev–Trinajstić information content (AvgIpc) is 2.63. The largest absolute Gasteiger partial charge is 0.506 e. The first-order valence-corrected chi connectivity index (χ1v) is 8.95. The Bertz CT molecular complexity index is 1010. The van der Waals surface area contributed by atoms with Crippen LogP contribution in [0.1, 0.15) is 24.8 Å². The number of hydrogen-bond donors (Lipinski definition) is 1. The number of allylic oxidation sites excluding steroid dienone is 1. The van der Waals surface area contributed by atoms with E-state index in [2.05, 4.69) is 0 Å². The van der Waals surface area contributed by atoms with Gasteiger partial charge in [0.1, 0.15) is 17.1 Å². The van der Waals surface area contributed by atoms with E-state index in [9.17, 15) is 24.8 Å². The number of carbonyl (C=O) groups excluding carboxylic acids is 2. The lowest BCUT2D eigenvalue weighted by Gasteiger charge is -2.15. The van der Waals surface area contributed by atoms with E-state index in [4.69, 9.17) is 27.9 Å². The number of carbonyl (C=O) groups is 2. The molecule has 3 rings (SSSR count). The number of Topliss-reactive ketones (excluding diaryl/α,β-unsaturated/α-hetero) is 2. The molecule has 1 aliphatic rings. The Morgan fingerprint density at radius 3 is 2.36 bits per heavy atom. The number of benzene rings is 2. The van der Waals surface area contributed by atoms with Gasteiger partial charge in [-0.05, 0) is 36.8 Å². The van der Waals surface area contributed by atoms with E-state index >= 15 is 0 Å². The van der Waals surface area contributed by atoms with Crippen molar-refractivity contribution in [1.82, 2.24) is 0 Å². The minimum atomic E-state index is -0.761. The van der Waals surface area contributed by atoms with Crippen molar-refractivity contribution in [2.45, 2.75) is 19.3 Å². The number of nitro groups is 1. The number of halogens is 2. The summed E-state index contributed by atoms with van der Waals surface area (Å²) in [6, 6.07) is 8.30. The summed E-state index contributed by atoms with van der Waals surface area (Å²) in [5.74, 6) is -1.92. The van der Waals surface area contributed by atoms with Crippen LogP contribution in [0.25, 0.3) is 5.76 Å². The van der Waals surface area contributed by atoms with Gasteiger partial charge in [-0.2, -0.15) is 0 Å². The molecule has 2 aromatic carbocycles. The summed E-state index contributed by atoms with van der Waals surface area (Å²) >= 11 is 11.9. The summed E-state index contributed by atoms with van der Waals surface area (Å²) in [4.78, 5) is 35.1. The maximum atomic E-state index is 12.1. The molecule has 0 radical (unpaired) electrons.